The first-order valence-electron chi connectivity index (χ1n) is 10.7. The van der Waals surface area contributed by atoms with Crippen molar-refractivity contribution in [2.75, 3.05) is 11.9 Å². The second-order valence-corrected chi connectivity index (χ2v) is 8.83. The lowest BCUT2D eigenvalue weighted by molar-refractivity contribution is 0.0526. The van der Waals surface area contributed by atoms with Crippen LogP contribution in [0.2, 0.25) is 0 Å². The Morgan fingerprint density at radius 3 is 2.71 bits per heavy atom. The number of ether oxygens (including phenoxy) is 1. The van der Waals surface area contributed by atoms with E-state index >= 15 is 0 Å². The van der Waals surface area contributed by atoms with Gasteiger partial charge in [0.1, 0.15) is 22.0 Å². The van der Waals surface area contributed by atoms with Crippen molar-refractivity contribution in [2.24, 2.45) is 5.92 Å². The molecular formula is C24H26N2O4S. The van der Waals surface area contributed by atoms with Crippen molar-refractivity contribution in [1.29, 1.82) is 0 Å². The average molecular weight is 439 g/mol. The van der Waals surface area contributed by atoms with E-state index in [0.717, 1.165) is 36.8 Å². The van der Waals surface area contributed by atoms with Crippen LogP contribution in [0.3, 0.4) is 0 Å². The first kappa shape index (κ1) is 21.3. The first-order chi connectivity index (χ1) is 15.0. The molecule has 6 nitrogen and oxygen atoms in total. The molecule has 1 aliphatic carbocycles. The monoisotopic (exact) mass is 438 g/mol. The normalized spacial score (nSPS) is 15.4. The molecule has 7 heteroatoms. The van der Waals surface area contributed by atoms with Gasteiger partial charge in [-0.05, 0) is 44.6 Å². The number of aryl methyl sites for hydroxylation is 1. The fraction of sp³-hybridized carbons (Fsp3) is 0.375. The van der Waals surface area contributed by atoms with Crippen molar-refractivity contribution in [1.82, 2.24) is 5.16 Å². The number of hydrogen-bond donors (Lipinski definition) is 1. The molecule has 1 aromatic carbocycles. The SMILES string of the molecule is CCOC(=O)c1c(NC(=O)c2c(-c3ccccc3)noc2C)sc2c1CC[C@@H](CC)C2. The second-order valence-electron chi connectivity index (χ2n) is 7.73. The van der Waals surface area contributed by atoms with Crippen molar-refractivity contribution in [3.8, 4) is 11.3 Å². The van der Waals surface area contributed by atoms with Gasteiger partial charge in [-0.1, -0.05) is 48.8 Å². The molecule has 0 spiro atoms. The summed E-state index contributed by atoms with van der Waals surface area (Å²) in [6.45, 7) is 5.98. The Labute approximate surface area is 185 Å². The Hall–Kier alpha value is -2.93. The Bertz CT molecular complexity index is 1100. The van der Waals surface area contributed by atoms with Crippen LogP contribution in [-0.2, 0) is 17.6 Å². The van der Waals surface area contributed by atoms with Gasteiger partial charge in [0.2, 0.25) is 0 Å². The maximum atomic E-state index is 13.3. The van der Waals surface area contributed by atoms with E-state index in [9.17, 15) is 9.59 Å². The zero-order chi connectivity index (χ0) is 22.0. The molecule has 1 atom stereocenters. The quantitative estimate of drug-likeness (QED) is 0.503. The maximum Gasteiger partial charge on any atom is 0.341 e. The number of fused-ring (bicyclic) bond motifs is 1. The molecule has 0 radical (unpaired) electrons. The van der Waals surface area contributed by atoms with Crippen LogP contribution >= 0.6 is 11.3 Å². The number of thiophene rings is 1. The molecule has 0 fully saturated rings. The summed E-state index contributed by atoms with van der Waals surface area (Å²) in [6, 6.07) is 9.44. The average Bonchev–Trinajstić information content (AvgIpc) is 3.33. The van der Waals surface area contributed by atoms with Crippen LogP contribution in [0.1, 0.15) is 63.6 Å². The number of aromatic nitrogens is 1. The molecule has 31 heavy (non-hydrogen) atoms. The highest BCUT2D eigenvalue weighted by Crippen LogP contribution is 2.41. The minimum atomic E-state index is -0.379. The number of amides is 1. The third-order valence-corrected chi connectivity index (χ3v) is 6.96. The standard InChI is InChI=1S/C24H26N2O4S/c1-4-15-11-12-17-18(13-15)31-23(20(17)24(28)29-5-2)25-22(27)19-14(3)30-26-21(19)16-9-7-6-8-10-16/h6-10,15H,4-5,11-13H2,1-3H3,(H,25,27)/t15-/m1/s1. The van der Waals surface area contributed by atoms with Crippen LogP contribution in [0.4, 0.5) is 5.00 Å². The smallest absolute Gasteiger partial charge is 0.341 e. The van der Waals surface area contributed by atoms with E-state index in [1.54, 1.807) is 13.8 Å². The van der Waals surface area contributed by atoms with E-state index in [4.69, 9.17) is 9.26 Å². The summed E-state index contributed by atoms with van der Waals surface area (Å²) in [7, 11) is 0. The highest BCUT2D eigenvalue weighted by molar-refractivity contribution is 7.17. The zero-order valence-electron chi connectivity index (χ0n) is 18.0. The van der Waals surface area contributed by atoms with Crippen molar-refractivity contribution in [3.05, 3.63) is 57.7 Å². The molecule has 1 amide bonds. The molecule has 1 N–H and O–H groups in total. The van der Waals surface area contributed by atoms with Crippen molar-refractivity contribution in [2.45, 2.75) is 46.5 Å². The number of nitrogens with one attached hydrogen (secondary N) is 1. The Morgan fingerprint density at radius 1 is 1.23 bits per heavy atom. The van der Waals surface area contributed by atoms with E-state index in [2.05, 4.69) is 17.4 Å². The Morgan fingerprint density at radius 2 is 2.00 bits per heavy atom. The Kier molecular flexibility index (Phi) is 6.23. The van der Waals surface area contributed by atoms with Gasteiger partial charge in [-0.25, -0.2) is 4.79 Å². The summed E-state index contributed by atoms with van der Waals surface area (Å²) in [5.74, 6) is 0.320. The number of hydrogen-bond acceptors (Lipinski definition) is 6. The number of nitrogens with zero attached hydrogens (tertiary/aromatic N) is 1. The lowest BCUT2D eigenvalue weighted by Crippen LogP contribution is -2.17. The molecule has 1 aliphatic rings. The third kappa shape index (κ3) is 4.14. The van der Waals surface area contributed by atoms with Gasteiger partial charge < -0.3 is 14.6 Å². The van der Waals surface area contributed by atoms with Gasteiger partial charge in [-0.3, -0.25) is 4.79 Å². The molecular weight excluding hydrogens is 412 g/mol. The number of rotatable bonds is 6. The lowest BCUT2D eigenvalue weighted by Gasteiger charge is -2.20. The van der Waals surface area contributed by atoms with Gasteiger partial charge in [0, 0.05) is 10.4 Å². The summed E-state index contributed by atoms with van der Waals surface area (Å²) in [4.78, 5) is 27.2. The largest absolute Gasteiger partial charge is 0.462 e. The lowest BCUT2D eigenvalue weighted by atomic mass is 9.85. The second kappa shape index (κ2) is 9.06. The molecule has 2 aromatic heterocycles. The molecule has 0 saturated heterocycles. The summed E-state index contributed by atoms with van der Waals surface area (Å²) in [5.41, 5.74) is 3.18. The summed E-state index contributed by atoms with van der Waals surface area (Å²) in [6.07, 6.45) is 3.91. The van der Waals surface area contributed by atoms with Gasteiger partial charge in [0.05, 0.1) is 12.2 Å². The number of esters is 1. The van der Waals surface area contributed by atoms with Crippen LogP contribution in [0.25, 0.3) is 11.3 Å². The van der Waals surface area contributed by atoms with Crippen molar-refractivity contribution >= 4 is 28.2 Å². The van der Waals surface area contributed by atoms with Gasteiger partial charge >= 0.3 is 5.97 Å². The minimum Gasteiger partial charge on any atom is -0.462 e. The molecule has 4 rings (SSSR count). The Balaban J connectivity index is 1.70. The van der Waals surface area contributed by atoms with Crippen LogP contribution in [-0.4, -0.2) is 23.6 Å². The van der Waals surface area contributed by atoms with E-state index < -0.39 is 0 Å². The van der Waals surface area contributed by atoms with Crippen LogP contribution in [0.15, 0.2) is 34.9 Å². The predicted molar refractivity (Wildman–Crippen MR) is 121 cm³/mol. The molecule has 0 aliphatic heterocycles. The summed E-state index contributed by atoms with van der Waals surface area (Å²) in [5, 5.41) is 7.62. The van der Waals surface area contributed by atoms with Crippen LogP contribution in [0, 0.1) is 12.8 Å². The van der Waals surface area contributed by atoms with Gasteiger partial charge in [0.15, 0.2) is 0 Å². The molecule has 0 saturated carbocycles. The van der Waals surface area contributed by atoms with E-state index in [1.165, 1.54) is 16.2 Å². The number of anilines is 1. The summed E-state index contributed by atoms with van der Waals surface area (Å²) < 4.78 is 10.7. The highest BCUT2D eigenvalue weighted by atomic mass is 32.1. The topological polar surface area (TPSA) is 81.4 Å². The van der Waals surface area contributed by atoms with E-state index in [-0.39, 0.29) is 18.5 Å². The highest BCUT2D eigenvalue weighted by Gasteiger charge is 2.31. The number of carbonyl (C=O) groups excluding carboxylic acids is 2. The fourth-order valence-corrected chi connectivity index (χ4v) is 5.45. The number of benzene rings is 1. The van der Waals surface area contributed by atoms with E-state index in [1.807, 2.05) is 30.3 Å². The van der Waals surface area contributed by atoms with Crippen LogP contribution in [0.5, 0.6) is 0 Å². The minimum absolute atomic E-state index is 0.289. The molecule has 0 bridgehead atoms. The molecule has 3 aromatic rings. The molecule has 0 unspecified atom stereocenters. The number of carbonyl (C=O) groups is 2. The molecule has 162 valence electrons. The third-order valence-electron chi connectivity index (χ3n) is 5.79. The van der Waals surface area contributed by atoms with Crippen molar-refractivity contribution < 1.29 is 18.8 Å². The molecule has 2 heterocycles. The van der Waals surface area contributed by atoms with Gasteiger partial charge in [-0.15, -0.1) is 11.3 Å². The van der Waals surface area contributed by atoms with E-state index in [0.29, 0.717) is 33.5 Å². The van der Waals surface area contributed by atoms with Crippen molar-refractivity contribution in [3.63, 3.8) is 0 Å². The maximum absolute atomic E-state index is 13.3. The zero-order valence-corrected chi connectivity index (χ0v) is 18.8. The predicted octanol–water partition coefficient (Wildman–Crippen LogP) is 5.66. The van der Waals surface area contributed by atoms with Gasteiger partial charge in [0.25, 0.3) is 5.91 Å². The fourth-order valence-electron chi connectivity index (χ4n) is 4.11. The van der Waals surface area contributed by atoms with Gasteiger partial charge in [-0.2, -0.15) is 0 Å². The summed E-state index contributed by atoms with van der Waals surface area (Å²) >= 11 is 1.48. The van der Waals surface area contributed by atoms with Crippen LogP contribution < -0.4 is 5.32 Å². The first-order valence-corrected chi connectivity index (χ1v) is 11.5.